The molecular weight excluding hydrogens is 223 g/mol. The van der Waals surface area contributed by atoms with Crippen molar-refractivity contribution in [3.8, 4) is 11.1 Å². The fourth-order valence-electron chi connectivity index (χ4n) is 1.48. The van der Waals surface area contributed by atoms with Crippen LogP contribution in [0.25, 0.3) is 11.1 Å². The molecule has 17 heavy (non-hydrogen) atoms. The zero-order valence-electron chi connectivity index (χ0n) is 9.01. The quantitative estimate of drug-likeness (QED) is 0.862. The number of carboxylic acid groups (broad SMARTS) is 1. The highest BCUT2D eigenvalue weighted by atomic mass is 19.1. The standard InChI is InChI=1S/C12H9FN2O2/c1-7-11(12(16)17)3-9(5-15-7)8-2-10(13)6-14-4-8/h2-6H,1H3,(H,16,17). The third kappa shape index (κ3) is 2.28. The van der Waals surface area contributed by atoms with Gasteiger partial charge in [0.1, 0.15) is 5.82 Å². The summed E-state index contributed by atoms with van der Waals surface area (Å²) in [6.07, 6.45) is 4.04. The maximum atomic E-state index is 13.0. The minimum Gasteiger partial charge on any atom is -0.478 e. The first-order chi connectivity index (χ1) is 8.08. The van der Waals surface area contributed by atoms with Crippen LogP contribution in [-0.4, -0.2) is 21.0 Å². The molecule has 0 saturated heterocycles. The van der Waals surface area contributed by atoms with Crippen molar-refractivity contribution in [1.29, 1.82) is 0 Å². The highest BCUT2D eigenvalue weighted by Gasteiger charge is 2.10. The van der Waals surface area contributed by atoms with E-state index in [0.717, 1.165) is 6.20 Å². The predicted octanol–water partition coefficient (Wildman–Crippen LogP) is 2.29. The molecule has 0 spiro atoms. The number of aryl methyl sites for hydroxylation is 1. The molecule has 0 aliphatic heterocycles. The van der Waals surface area contributed by atoms with E-state index in [1.807, 2.05) is 0 Å². The van der Waals surface area contributed by atoms with Gasteiger partial charge in [-0.2, -0.15) is 0 Å². The first-order valence-corrected chi connectivity index (χ1v) is 4.89. The van der Waals surface area contributed by atoms with Gasteiger partial charge in [-0.15, -0.1) is 0 Å². The van der Waals surface area contributed by atoms with Crippen molar-refractivity contribution in [2.45, 2.75) is 6.92 Å². The Bertz CT molecular complexity index is 584. The van der Waals surface area contributed by atoms with Gasteiger partial charge >= 0.3 is 5.97 Å². The minimum absolute atomic E-state index is 0.103. The van der Waals surface area contributed by atoms with Crippen LogP contribution in [0.3, 0.4) is 0 Å². The topological polar surface area (TPSA) is 63.1 Å². The van der Waals surface area contributed by atoms with Crippen molar-refractivity contribution in [2.75, 3.05) is 0 Å². The molecule has 0 amide bonds. The van der Waals surface area contributed by atoms with Crippen LogP contribution in [0.15, 0.2) is 30.7 Å². The van der Waals surface area contributed by atoms with Crippen LogP contribution < -0.4 is 0 Å². The van der Waals surface area contributed by atoms with Crippen LogP contribution >= 0.6 is 0 Å². The zero-order chi connectivity index (χ0) is 12.4. The molecule has 1 N–H and O–H groups in total. The molecule has 0 aliphatic carbocycles. The average molecular weight is 232 g/mol. The lowest BCUT2D eigenvalue weighted by Crippen LogP contribution is -2.02. The number of rotatable bonds is 2. The van der Waals surface area contributed by atoms with Gasteiger partial charge in [-0.05, 0) is 19.1 Å². The molecule has 0 aliphatic rings. The van der Waals surface area contributed by atoms with Crippen LogP contribution in [0.1, 0.15) is 16.1 Å². The fourth-order valence-corrected chi connectivity index (χ4v) is 1.48. The molecule has 4 nitrogen and oxygen atoms in total. The number of carbonyl (C=O) groups is 1. The average Bonchev–Trinajstić information content (AvgIpc) is 2.29. The Labute approximate surface area is 96.8 Å². The van der Waals surface area contributed by atoms with Gasteiger partial charge < -0.3 is 5.11 Å². The first-order valence-electron chi connectivity index (χ1n) is 4.89. The van der Waals surface area contributed by atoms with Crippen molar-refractivity contribution in [2.24, 2.45) is 0 Å². The van der Waals surface area contributed by atoms with E-state index in [2.05, 4.69) is 9.97 Å². The summed E-state index contributed by atoms with van der Waals surface area (Å²) in [6.45, 7) is 1.61. The van der Waals surface area contributed by atoms with Crippen LogP contribution in [0.5, 0.6) is 0 Å². The van der Waals surface area contributed by atoms with Gasteiger partial charge in [0.05, 0.1) is 17.5 Å². The van der Waals surface area contributed by atoms with E-state index in [9.17, 15) is 9.18 Å². The second-order valence-electron chi connectivity index (χ2n) is 3.55. The summed E-state index contributed by atoms with van der Waals surface area (Å²) in [4.78, 5) is 18.6. The third-order valence-corrected chi connectivity index (χ3v) is 2.36. The maximum absolute atomic E-state index is 13.0. The largest absolute Gasteiger partial charge is 0.478 e. The Balaban J connectivity index is 2.54. The number of nitrogens with zero attached hydrogens (tertiary/aromatic N) is 2. The van der Waals surface area contributed by atoms with Crippen molar-refractivity contribution in [3.63, 3.8) is 0 Å². The molecule has 5 heteroatoms. The van der Waals surface area contributed by atoms with Gasteiger partial charge in [-0.1, -0.05) is 0 Å². The third-order valence-electron chi connectivity index (χ3n) is 2.36. The van der Waals surface area contributed by atoms with E-state index in [0.29, 0.717) is 16.8 Å². The zero-order valence-corrected chi connectivity index (χ0v) is 9.01. The number of aromatic carboxylic acids is 1. The summed E-state index contributed by atoms with van der Waals surface area (Å²) >= 11 is 0. The number of carboxylic acids is 1. The maximum Gasteiger partial charge on any atom is 0.337 e. The fraction of sp³-hybridized carbons (Fsp3) is 0.0833. The molecule has 0 saturated carbocycles. The Morgan fingerprint density at radius 3 is 2.59 bits per heavy atom. The van der Waals surface area contributed by atoms with Gasteiger partial charge in [0.15, 0.2) is 0 Å². The van der Waals surface area contributed by atoms with Crippen LogP contribution in [0, 0.1) is 12.7 Å². The number of hydrogen-bond acceptors (Lipinski definition) is 3. The van der Waals surface area contributed by atoms with Gasteiger partial charge in [0.2, 0.25) is 0 Å². The second-order valence-corrected chi connectivity index (χ2v) is 3.55. The van der Waals surface area contributed by atoms with E-state index >= 15 is 0 Å². The molecule has 2 aromatic heterocycles. The van der Waals surface area contributed by atoms with Crippen molar-refractivity contribution in [3.05, 3.63) is 47.8 Å². The van der Waals surface area contributed by atoms with Crippen molar-refractivity contribution >= 4 is 5.97 Å². The minimum atomic E-state index is -1.05. The Morgan fingerprint density at radius 2 is 1.94 bits per heavy atom. The molecule has 0 radical (unpaired) electrons. The number of aromatic nitrogens is 2. The van der Waals surface area contributed by atoms with Crippen LogP contribution in [0.2, 0.25) is 0 Å². The molecule has 2 rings (SSSR count). The predicted molar refractivity (Wildman–Crippen MR) is 59.1 cm³/mol. The van der Waals surface area contributed by atoms with Gasteiger partial charge in [-0.3, -0.25) is 9.97 Å². The molecule has 0 atom stereocenters. The molecule has 0 fully saturated rings. The number of pyridine rings is 2. The van der Waals surface area contributed by atoms with Gasteiger partial charge in [0.25, 0.3) is 0 Å². The monoisotopic (exact) mass is 232 g/mol. The molecule has 86 valence electrons. The molecule has 2 aromatic rings. The lowest BCUT2D eigenvalue weighted by molar-refractivity contribution is 0.0695. The summed E-state index contributed by atoms with van der Waals surface area (Å²) in [5.74, 6) is -1.53. The molecular formula is C12H9FN2O2. The lowest BCUT2D eigenvalue weighted by atomic mass is 10.1. The summed E-state index contributed by atoms with van der Waals surface area (Å²) in [5, 5.41) is 8.96. The van der Waals surface area contributed by atoms with E-state index in [4.69, 9.17) is 5.11 Å². The second kappa shape index (κ2) is 4.29. The highest BCUT2D eigenvalue weighted by molar-refractivity contribution is 5.90. The summed E-state index contributed by atoms with van der Waals surface area (Å²) in [6, 6.07) is 2.74. The lowest BCUT2D eigenvalue weighted by Gasteiger charge is -2.04. The summed E-state index contributed by atoms with van der Waals surface area (Å²) < 4.78 is 13.0. The Kier molecular flexibility index (Phi) is 2.82. The smallest absolute Gasteiger partial charge is 0.337 e. The first kappa shape index (κ1) is 11.2. The Hall–Kier alpha value is -2.30. The number of halogens is 1. The van der Waals surface area contributed by atoms with Crippen molar-refractivity contribution in [1.82, 2.24) is 9.97 Å². The van der Waals surface area contributed by atoms with E-state index in [-0.39, 0.29) is 5.56 Å². The Morgan fingerprint density at radius 1 is 1.24 bits per heavy atom. The number of hydrogen-bond donors (Lipinski definition) is 1. The van der Waals surface area contributed by atoms with Crippen LogP contribution in [0.4, 0.5) is 4.39 Å². The summed E-state index contributed by atoms with van der Waals surface area (Å²) in [5.41, 5.74) is 1.55. The van der Waals surface area contributed by atoms with Crippen LogP contribution in [-0.2, 0) is 0 Å². The van der Waals surface area contributed by atoms with Gasteiger partial charge in [0, 0.05) is 23.5 Å². The SMILES string of the molecule is Cc1ncc(-c2cncc(F)c2)cc1C(=O)O. The van der Waals surface area contributed by atoms with Crippen molar-refractivity contribution < 1.29 is 14.3 Å². The highest BCUT2D eigenvalue weighted by Crippen LogP contribution is 2.20. The summed E-state index contributed by atoms with van der Waals surface area (Å²) in [7, 11) is 0. The molecule has 2 heterocycles. The molecule has 0 aromatic carbocycles. The van der Waals surface area contributed by atoms with Gasteiger partial charge in [-0.25, -0.2) is 9.18 Å². The molecule has 0 bridgehead atoms. The van der Waals surface area contributed by atoms with E-state index in [1.54, 1.807) is 6.92 Å². The van der Waals surface area contributed by atoms with E-state index in [1.165, 1.54) is 24.5 Å². The van der Waals surface area contributed by atoms with E-state index < -0.39 is 11.8 Å². The normalized spacial score (nSPS) is 10.2. The molecule has 0 unspecified atom stereocenters.